The van der Waals surface area contributed by atoms with Gasteiger partial charge in [0.05, 0.1) is 11.6 Å². The van der Waals surface area contributed by atoms with Gasteiger partial charge in [0.2, 0.25) is 0 Å². The molecule has 0 bridgehead atoms. The quantitative estimate of drug-likeness (QED) is 0.859. The third-order valence-electron chi connectivity index (χ3n) is 3.05. The molecule has 1 N–H and O–H groups in total. The number of ether oxygens (including phenoxy) is 1. The maximum atomic E-state index is 11.6. The van der Waals surface area contributed by atoms with Gasteiger partial charge in [-0.05, 0) is 43.9 Å². The molecule has 94 valence electrons. The standard InChI is InChI=1S/C14H16N2O2/c1-10(12-5-6-12)16-14(17)9-18-13-4-2-3-11(7-13)8-15/h2-4,7,10,12H,5-6,9H2,1H3,(H,16,17)/t10-/m0/s1. The van der Waals surface area contributed by atoms with Gasteiger partial charge in [-0.3, -0.25) is 4.79 Å². The summed E-state index contributed by atoms with van der Waals surface area (Å²) in [5.41, 5.74) is 0.527. The number of amides is 1. The van der Waals surface area contributed by atoms with Crippen LogP contribution < -0.4 is 10.1 Å². The lowest BCUT2D eigenvalue weighted by Gasteiger charge is -2.13. The van der Waals surface area contributed by atoms with E-state index in [9.17, 15) is 4.79 Å². The summed E-state index contributed by atoms with van der Waals surface area (Å²) in [5.74, 6) is 1.07. The van der Waals surface area contributed by atoms with Crippen molar-refractivity contribution in [1.82, 2.24) is 5.32 Å². The van der Waals surface area contributed by atoms with Crippen LogP contribution in [0.5, 0.6) is 5.75 Å². The minimum atomic E-state index is -0.114. The van der Waals surface area contributed by atoms with Gasteiger partial charge >= 0.3 is 0 Å². The van der Waals surface area contributed by atoms with Crippen LogP contribution in [0.3, 0.4) is 0 Å². The first-order valence-corrected chi connectivity index (χ1v) is 6.11. The van der Waals surface area contributed by atoms with E-state index in [4.69, 9.17) is 10.00 Å². The van der Waals surface area contributed by atoms with Gasteiger partial charge in [0.1, 0.15) is 5.75 Å². The molecule has 1 aromatic carbocycles. The van der Waals surface area contributed by atoms with Crippen LogP contribution >= 0.6 is 0 Å². The number of carbonyl (C=O) groups is 1. The Morgan fingerprint density at radius 1 is 1.61 bits per heavy atom. The lowest BCUT2D eigenvalue weighted by atomic mass is 10.2. The number of hydrogen-bond donors (Lipinski definition) is 1. The van der Waals surface area contributed by atoms with Crippen molar-refractivity contribution in [2.75, 3.05) is 6.61 Å². The molecule has 0 spiro atoms. The monoisotopic (exact) mass is 244 g/mol. The molecule has 0 saturated heterocycles. The van der Waals surface area contributed by atoms with Crippen molar-refractivity contribution < 1.29 is 9.53 Å². The first-order valence-electron chi connectivity index (χ1n) is 6.11. The predicted octanol–water partition coefficient (Wildman–Crippen LogP) is 1.85. The van der Waals surface area contributed by atoms with E-state index < -0.39 is 0 Å². The average Bonchev–Trinajstić information content (AvgIpc) is 3.21. The molecule has 0 heterocycles. The average molecular weight is 244 g/mol. The smallest absolute Gasteiger partial charge is 0.258 e. The van der Waals surface area contributed by atoms with Gasteiger partial charge in [-0.15, -0.1) is 0 Å². The molecule has 1 fully saturated rings. The Kier molecular flexibility index (Phi) is 3.83. The van der Waals surface area contributed by atoms with E-state index >= 15 is 0 Å². The van der Waals surface area contributed by atoms with Crippen LogP contribution in [0.1, 0.15) is 25.3 Å². The Morgan fingerprint density at radius 3 is 3.06 bits per heavy atom. The minimum absolute atomic E-state index is 0.00799. The fraction of sp³-hybridized carbons (Fsp3) is 0.429. The molecule has 0 aliphatic heterocycles. The topological polar surface area (TPSA) is 62.1 Å². The second-order valence-electron chi connectivity index (χ2n) is 4.62. The van der Waals surface area contributed by atoms with Gasteiger partial charge in [-0.2, -0.15) is 5.26 Å². The summed E-state index contributed by atoms with van der Waals surface area (Å²) >= 11 is 0. The first-order chi connectivity index (χ1) is 8.69. The van der Waals surface area contributed by atoms with E-state index in [-0.39, 0.29) is 18.6 Å². The van der Waals surface area contributed by atoms with Crippen molar-refractivity contribution >= 4 is 5.91 Å². The van der Waals surface area contributed by atoms with E-state index in [1.165, 1.54) is 12.8 Å². The number of nitriles is 1. The van der Waals surface area contributed by atoms with Gasteiger partial charge < -0.3 is 10.1 Å². The van der Waals surface area contributed by atoms with Gasteiger partial charge in [-0.1, -0.05) is 6.07 Å². The second kappa shape index (κ2) is 5.54. The maximum absolute atomic E-state index is 11.6. The first kappa shape index (κ1) is 12.4. The molecule has 4 nitrogen and oxygen atoms in total. The van der Waals surface area contributed by atoms with Crippen molar-refractivity contribution in [3.63, 3.8) is 0 Å². The van der Waals surface area contributed by atoms with Gasteiger partial charge in [-0.25, -0.2) is 0 Å². The van der Waals surface area contributed by atoms with Crippen LogP contribution in [0.15, 0.2) is 24.3 Å². The van der Waals surface area contributed by atoms with Gasteiger partial charge in [0, 0.05) is 6.04 Å². The fourth-order valence-electron chi connectivity index (χ4n) is 1.81. The summed E-state index contributed by atoms with van der Waals surface area (Å²) in [7, 11) is 0. The lowest BCUT2D eigenvalue weighted by Crippen LogP contribution is -2.37. The Labute approximate surface area is 107 Å². The molecular weight excluding hydrogens is 228 g/mol. The largest absolute Gasteiger partial charge is 0.484 e. The summed E-state index contributed by atoms with van der Waals surface area (Å²) in [6, 6.07) is 9.05. The zero-order valence-corrected chi connectivity index (χ0v) is 10.3. The van der Waals surface area contributed by atoms with E-state index in [0.29, 0.717) is 17.2 Å². The molecule has 1 aliphatic rings. The third-order valence-corrected chi connectivity index (χ3v) is 3.05. The van der Waals surface area contributed by atoms with Crippen molar-refractivity contribution in [1.29, 1.82) is 5.26 Å². The summed E-state index contributed by atoms with van der Waals surface area (Å²) in [6.45, 7) is 2.01. The third kappa shape index (κ3) is 3.49. The second-order valence-corrected chi connectivity index (χ2v) is 4.62. The van der Waals surface area contributed by atoms with Crippen molar-refractivity contribution in [2.24, 2.45) is 5.92 Å². The zero-order chi connectivity index (χ0) is 13.0. The molecule has 0 radical (unpaired) electrons. The minimum Gasteiger partial charge on any atom is -0.484 e. The van der Waals surface area contributed by atoms with E-state index in [2.05, 4.69) is 5.32 Å². The zero-order valence-electron chi connectivity index (χ0n) is 10.3. The van der Waals surface area contributed by atoms with Crippen molar-refractivity contribution in [2.45, 2.75) is 25.8 Å². The highest BCUT2D eigenvalue weighted by molar-refractivity contribution is 5.77. The highest BCUT2D eigenvalue weighted by atomic mass is 16.5. The predicted molar refractivity (Wildman–Crippen MR) is 67.0 cm³/mol. The molecule has 1 aromatic rings. The molecule has 1 atom stereocenters. The Bertz CT molecular complexity index is 475. The Morgan fingerprint density at radius 2 is 2.39 bits per heavy atom. The van der Waals surface area contributed by atoms with E-state index in [1.807, 2.05) is 13.0 Å². The number of carbonyl (C=O) groups excluding carboxylic acids is 1. The summed E-state index contributed by atoms with van der Waals surface area (Å²) in [4.78, 5) is 11.6. The van der Waals surface area contributed by atoms with Crippen LogP contribution in [-0.4, -0.2) is 18.6 Å². The van der Waals surface area contributed by atoms with Crippen LogP contribution in [0.2, 0.25) is 0 Å². The van der Waals surface area contributed by atoms with Gasteiger partial charge in [0.15, 0.2) is 6.61 Å². The van der Waals surface area contributed by atoms with Crippen molar-refractivity contribution in [3.8, 4) is 11.8 Å². The number of nitrogens with zero attached hydrogens (tertiary/aromatic N) is 1. The summed E-state index contributed by atoms with van der Waals surface area (Å²) in [6.07, 6.45) is 2.40. The molecule has 18 heavy (non-hydrogen) atoms. The molecule has 1 amide bonds. The Balaban J connectivity index is 1.79. The SMILES string of the molecule is C[C@H](NC(=O)COc1cccc(C#N)c1)C1CC1. The van der Waals surface area contributed by atoms with Crippen molar-refractivity contribution in [3.05, 3.63) is 29.8 Å². The van der Waals surface area contributed by atoms with Crippen LogP contribution in [0.4, 0.5) is 0 Å². The van der Waals surface area contributed by atoms with Crippen LogP contribution in [0, 0.1) is 17.2 Å². The van der Waals surface area contributed by atoms with Crippen LogP contribution in [0.25, 0.3) is 0 Å². The molecule has 1 saturated carbocycles. The molecule has 4 heteroatoms. The van der Waals surface area contributed by atoms with Gasteiger partial charge in [0.25, 0.3) is 5.91 Å². The number of rotatable bonds is 5. The molecule has 2 rings (SSSR count). The number of nitrogens with one attached hydrogen (secondary N) is 1. The summed E-state index contributed by atoms with van der Waals surface area (Å²) < 4.78 is 5.35. The fourth-order valence-corrected chi connectivity index (χ4v) is 1.81. The Hall–Kier alpha value is -2.02. The molecule has 1 aliphatic carbocycles. The summed E-state index contributed by atoms with van der Waals surface area (Å²) in [5, 5.41) is 11.7. The molecule has 0 aromatic heterocycles. The molecule has 0 unspecified atom stereocenters. The van der Waals surface area contributed by atoms with E-state index in [1.54, 1.807) is 24.3 Å². The highest BCUT2D eigenvalue weighted by Gasteiger charge is 2.28. The normalized spacial score (nSPS) is 15.6. The lowest BCUT2D eigenvalue weighted by molar-refractivity contribution is -0.123. The number of benzene rings is 1. The van der Waals surface area contributed by atoms with E-state index in [0.717, 1.165) is 0 Å². The highest BCUT2D eigenvalue weighted by Crippen LogP contribution is 2.32. The van der Waals surface area contributed by atoms with Crippen LogP contribution in [-0.2, 0) is 4.79 Å². The molecular formula is C14H16N2O2. The number of hydrogen-bond acceptors (Lipinski definition) is 3. The maximum Gasteiger partial charge on any atom is 0.258 e.